The second kappa shape index (κ2) is 5.32. The van der Waals surface area contributed by atoms with Gasteiger partial charge in [0.2, 0.25) is 0 Å². The fourth-order valence-electron chi connectivity index (χ4n) is 1.51. The average molecular weight is 277 g/mol. The Morgan fingerprint density at radius 3 is 2.56 bits per heavy atom. The summed E-state index contributed by atoms with van der Waals surface area (Å²) in [5.41, 5.74) is 1.81. The van der Waals surface area contributed by atoms with Crippen molar-refractivity contribution in [3.8, 4) is 11.8 Å². The van der Waals surface area contributed by atoms with E-state index in [1.807, 2.05) is 24.3 Å². The van der Waals surface area contributed by atoms with Gasteiger partial charge in [-0.3, -0.25) is 4.79 Å². The van der Waals surface area contributed by atoms with Crippen molar-refractivity contribution in [1.29, 1.82) is 0 Å². The number of hydrogen-bond acceptors (Lipinski definition) is 1. The molecule has 0 atom stereocenters. The lowest BCUT2D eigenvalue weighted by atomic mass is 10.1. The number of alkyl halides is 1. The summed E-state index contributed by atoms with van der Waals surface area (Å²) in [6.45, 7) is 0. The van der Waals surface area contributed by atoms with E-state index in [9.17, 15) is 4.79 Å². The predicted molar refractivity (Wildman–Crippen MR) is 68.8 cm³/mol. The van der Waals surface area contributed by atoms with Crippen LogP contribution in [0.2, 0.25) is 0 Å². The van der Waals surface area contributed by atoms with Gasteiger partial charge in [-0.1, -0.05) is 39.9 Å². The van der Waals surface area contributed by atoms with Gasteiger partial charge < -0.3 is 0 Å². The lowest BCUT2D eigenvalue weighted by molar-refractivity contribution is 0.0967. The van der Waals surface area contributed by atoms with Crippen molar-refractivity contribution in [1.82, 2.24) is 0 Å². The third-order valence-electron chi connectivity index (χ3n) is 2.57. The average Bonchev–Trinajstić information content (AvgIpc) is 3.13. The fraction of sp³-hybridized carbons (Fsp3) is 0.357. The van der Waals surface area contributed by atoms with Crippen LogP contribution in [0.4, 0.5) is 0 Å². The highest BCUT2D eigenvalue weighted by Crippen LogP contribution is 2.32. The molecule has 1 nitrogen and oxygen atoms in total. The van der Waals surface area contributed by atoms with Crippen LogP contribution in [0.5, 0.6) is 0 Å². The highest BCUT2D eigenvalue weighted by atomic mass is 79.9. The Hall–Kier alpha value is -1.07. The minimum Gasteiger partial charge on any atom is -0.294 e. The van der Waals surface area contributed by atoms with E-state index in [0.717, 1.165) is 35.7 Å². The Labute approximate surface area is 104 Å². The van der Waals surface area contributed by atoms with Gasteiger partial charge >= 0.3 is 0 Å². The molecule has 1 aliphatic rings. The maximum Gasteiger partial charge on any atom is 0.165 e. The predicted octanol–water partition coefficient (Wildman–Crippen LogP) is 3.42. The Kier molecular flexibility index (Phi) is 3.79. The number of carbonyl (C=O) groups excluding carboxylic acids is 1. The summed E-state index contributed by atoms with van der Waals surface area (Å²) in [4.78, 5) is 11.7. The van der Waals surface area contributed by atoms with Gasteiger partial charge in [0, 0.05) is 28.8 Å². The van der Waals surface area contributed by atoms with E-state index in [0.29, 0.717) is 11.7 Å². The molecular weight excluding hydrogens is 264 g/mol. The van der Waals surface area contributed by atoms with Crippen molar-refractivity contribution >= 4 is 21.7 Å². The number of benzene rings is 1. The lowest BCUT2D eigenvalue weighted by Crippen LogP contribution is -2.00. The molecule has 0 saturated heterocycles. The number of rotatable bonds is 3. The minimum absolute atomic E-state index is 0.292. The largest absolute Gasteiger partial charge is 0.294 e. The van der Waals surface area contributed by atoms with Crippen molar-refractivity contribution in [2.75, 3.05) is 5.33 Å². The van der Waals surface area contributed by atoms with Crippen LogP contribution in [0.15, 0.2) is 24.3 Å². The van der Waals surface area contributed by atoms with Crippen LogP contribution in [-0.4, -0.2) is 11.1 Å². The van der Waals surface area contributed by atoms with Gasteiger partial charge in [-0.2, -0.15) is 0 Å². The van der Waals surface area contributed by atoms with Crippen LogP contribution in [-0.2, 0) is 0 Å². The Morgan fingerprint density at radius 1 is 1.31 bits per heavy atom. The van der Waals surface area contributed by atoms with Gasteiger partial charge in [0.05, 0.1) is 0 Å². The summed E-state index contributed by atoms with van der Waals surface area (Å²) < 4.78 is 0. The smallest absolute Gasteiger partial charge is 0.165 e. The summed E-state index contributed by atoms with van der Waals surface area (Å²) in [5, 5.41) is 0.901. The molecule has 0 N–H and O–H groups in total. The van der Waals surface area contributed by atoms with Gasteiger partial charge in [0.25, 0.3) is 0 Å². The molecule has 2 rings (SSSR count). The van der Waals surface area contributed by atoms with Crippen LogP contribution in [0.3, 0.4) is 0 Å². The first kappa shape index (κ1) is 11.4. The molecule has 16 heavy (non-hydrogen) atoms. The third-order valence-corrected chi connectivity index (χ3v) is 2.97. The summed E-state index contributed by atoms with van der Waals surface area (Å²) in [6, 6.07) is 7.63. The first-order chi connectivity index (χ1) is 7.81. The van der Waals surface area contributed by atoms with E-state index in [1.54, 1.807) is 0 Å². The number of hydrogen-bond donors (Lipinski definition) is 0. The summed E-state index contributed by atoms with van der Waals surface area (Å²) in [7, 11) is 0. The second-order valence-electron chi connectivity index (χ2n) is 3.96. The van der Waals surface area contributed by atoms with Crippen molar-refractivity contribution in [3.63, 3.8) is 0 Å². The zero-order valence-electron chi connectivity index (χ0n) is 9.00. The highest BCUT2D eigenvalue weighted by molar-refractivity contribution is 9.09. The second-order valence-corrected chi connectivity index (χ2v) is 4.75. The number of halogens is 1. The van der Waals surface area contributed by atoms with Crippen LogP contribution >= 0.6 is 15.9 Å². The molecule has 0 aromatic heterocycles. The van der Waals surface area contributed by atoms with Gasteiger partial charge in [-0.15, -0.1) is 0 Å². The molecule has 0 radical (unpaired) electrons. The summed E-state index contributed by atoms with van der Waals surface area (Å²) >= 11 is 3.33. The maximum absolute atomic E-state index is 11.7. The van der Waals surface area contributed by atoms with E-state index in [-0.39, 0.29) is 0 Å². The van der Waals surface area contributed by atoms with E-state index in [1.165, 1.54) is 0 Å². The highest BCUT2D eigenvalue weighted by Gasteiger charge is 2.30. The number of Topliss-reactive ketones (excluding diaryl/α,β-unsaturated/α-hetero) is 1. The Bertz CT molecular complexity index is 432. The van der Waals surface area contributed by atoms with Crippen molar-refractivity contribution < 1.29 is 4.79 Å². The molecule has 0 heterocycles. The van der Waals surface area contributed by atoms with E-state index < -0.39 is 0 Å². The molecular formula is C14H13BrO. The quantitative estimate of drug-likeness (QED) is 0.470. The van der Waals surface area contributed by atoms with E-state index in [4.69, 9.17) is 0 Å². The topological polar surface area (TPSA) is 17.1 Å². The standard InChI is InChI=1S/C14H13BrO/c15-10-2-1-3-11-4-6-12(7-5-11)14(16)13-8-9-13/h4-7,13H,2,8-10H2. The first-order valence-corrected chi connectivity index (χ1v) is 6.62. The van der Waals surface area contributed by atoms with Crippen molar-refractivity contribution in [2.24, 2.45) is 5.92 Å². The van der Waals surface area contributed by atoms with Crippen molar-refractivity contribution in [3.05, 3.63) is 35.4 Å². The summed E-state index contributed by atoms with van der Waals surface area (Å²) in [5.74, 6) is 6.71. The van der Waals surface area contributed by atoms with E-state index >= 15 is 0 Å². The van der Waals surface area contributed by atoms with Gasteiger partial charge in [0.1, 0.15) is 0 Å². The monoisotopic (exact) mass is 276 g/mol. The van der Waals surface area contributed by atoms with E-state index in [2.05, 4.69) is 27.8 Å². The SMILES string of the molecule is O=C(c1ccc(C#CCCBr)cc1)C1CC1. The molecule has 82 valence electrons. The van der Waals surface area contributed by atoms with Crippen LogP contribution < -0.4 is 0 Å². The molecule has 0 bridgehead atoms. The van der Waals surface area contributed by atoms with Gasteiger partial charge in [0.15, 0.2) is 5.78 Å². The number of carbonyl (C=O) groups is 1. The molecule has 0 unspecified atom stereocenters. The molecule has 0 spiro atoms. The Balaban J connectivity index is 2.04. The van der Waals surface area contributed by atoms with Crippen LogP contribution in [0, 0.1) is 17.8 Å². The third kappa shape index (κ3) is 2.96. The fourth-order valence-corrected chi connectivity index (χ4v) is 1.71. The Morgan fingerprint density at radius 2 is 2.00 bits per heavy atom. The normalized spacial score (nSPS) is 14.1. The minimum atomic E-state index is 0.292. The molecule has 1 aliphatic carbocycles. The molecule has 1 aromatic carbocycles. The first-order valence-electron chi connectivity index (χ1n) is 5.50. The molecule has 0 aliphatic heterocycles. The molecule has 1 saturated carbocycles. The molecule has 1 fully saturated rings. The maximum atomic E-state index is 11.7. The summed E-state index contributed by atoms with van der Waals surface area (Å²) in [6.07, 6.45) is 2.97. The zero-order chi connectivity index (χ0) is 11.4. The zero-order valence-corrected chi connectivity index (χ0v) is 10.6. The van der Waals surface area contributed by atoms with Gasteiger partial charge in [-0.05, 0) is 25.0 Å². The van der Waals surface area contributed by atoms with Gasteiger partial charge in [-0.25, -0.2) is 0 Å². The molecule has 0 amide bonds. The van der Waals surface area contributed by atoms with Crippen LogP contribution in [0.1, 0.15) is 35.2 Å². The van der Waals surface area contributed by atoms with Crippen molar-refractivity contribution in [2.45, 2.75) is 19.3 Å². The molecule has 2 heteroatoms. The number of ketones is 1. The lowest BCUT2D eigenvalue weighted by Gasteiger charge is -1.98. The van der Waals surface area contributed by atoms with Crippen LogP contribution in [0.25, 0.3) is 0 Å². The molecule has 1 aromatic rings.